The topological polar surface area (TPSA) is 115 Å². The number of halogens is 1. The van der Waals surface area contributed by atoms with E-state index in [1.165, 1.54) is 49.0 Å². The number of ether oxygens (including phenoxy) is 2. The van der Waals surface area contributed by atoms with Crippen molar-refractivity contribution in [2.45, 2.75) is 32.1 Å². The van der Waals surface area contributed by atoms with Gasteiger partial charge in [0.25, 0.3) is 11.8 Å². The first-order valence-electron chi connectivity index (χ1n) is 11.5. The van der Waals surface area contributed by atoms with Crippen LogP contribution in [0.2, 0.25) is 0 Å². The van der Waals surface area contributed by atoms with Crippen LogP contribution < -0.4 is 20.1 Å². The second-order valence-electron chi connectivity index (χ2n) is 8.85. The SMILES string of the molecule is COc1cccc(CNC(=O)c2cc3n(n2)C[C@](C)(C(=O)NCc2ccc(F)cc2)N(C)C3=O)c1OC. The third kappa shape index (κ3) is 4.97. The normalized spacial score (nSPS) is 16.7. The number of aromatic nitrogens is 2. The van der Waals surface area contributed by atoms with E-state index in [2.05, 4.69) is 15.7 Å². The maximum Gasteiger partial charge on any atom is 0.272 e. The molecular weight excluding hydrogens is 481 g/mol. The molecule has 0 saturated heterocycles. The summed E-state index contributed by atoms with van der Waals surface area (Å²) in [6.45, 7) is 2.00. The number of nitrogens with one attached hydrogen (secondary N) is 2. The van der Waals surface area contributed by atoms with Gasteiger partial charge in [0.1, 0.15) is 17.1 Å². The van der Waals surface area contributed by atoms with Crippen molar-refractivity contribution in [3.8, 4) is 11.5 Å². The highest BCUT2D eigenvalue weighted by atomic mass is 19.1. The highest BCUT2D eigenvalue weighted by molar-refractivity contribution is 6.01. The van der Waals surface area contributed by atoms with Gasteiger partial charge in [0.2, 0.25) is 5.91 Å². The van der Waals surface area contributed by atoms with Crippen molar-refractivity contribution in [3.05, 3.63) is 76.9 Å². The largest absolute Gasteiger partial charge is 0.493 e. The number of likely N-dealkylation sites (N-methyl/N-ethyl adjacent to an activating group) is 1. The number of rotatable bonds is 8. The van der Waals surface area contributed by atoms with Gasteiger partial charge in [-0.15, -0.1) is 0 Å². The summed E-state index contributed by atoms with van der Waals surface area (Å²) in [5.74, 6) is -0.638. The summed E-state index contributed by atoms with van der Waals surface area (Å²) in [6, 6.07) is 12.5. The fourth-order valence-electron chi connectivity index (χ4n) is 4.17. The minimum Gasteiger partial charge on any atom is -0.493 e. The third-order valence-electron chi connectivity index (χ3n) is 6.51. The molecule has 2 N–H and O–H groups in total. The number of nitrogens with zero attached hydrogens (tertiary/aromatic N) is 3. The Balaban J connectivity index is 1.47. The third-order valence-corrected chi connectivity index (χ3v) is 6.51. The smallest absolute Gasteiger partial charge is 0.272 e. The summed E-state index contributed by atoms with van der Waals surface area (Å²) in [6.07, 6.45) is 0. The van der Waals surface area contributed by atoms with E-state index in [0.717, 1.165) is 5.56 Å². The van der Waals surface area contributed by atoms with Gasteiger partial charge in [0.15, 0.2) is 17.2 Å². The van der Waals surface area contributed by atoms with E-state index >= 15 is 0 Å². The van der Waals surface area contributed by atoms with Crippen LogP contribution in [0.3, 0.4) is 0 Å². The van der Waals surface area contributed by atoms with Gasteiger partial charge in [-0.3, -0.25) is 19.1 Å². The second kappa shape index (κ2) is 10.3. The van der Waals surface area contributed by atoms with Crippen molar-refractivity contribution in [3.63, 3.8) is 0 Å². The molecule has 1 aromatic heterocycles. The first-order valence-corrected chi connectivity index (χ1v) is 11.5. The number of benzene rings is 2. The lowest BCUT2D eigenvalue weighted by Gasteiger charge is -2.40. The number of hydrogen-bond donors (Lipinski definition) is 2. The molecule has 2 aromatic carbocycles. The second-order valence-corrected chi connectivity index (χ2v) is 8.85. The van der Waals surface area contributed by atoms with Gasteiger partial charge in [-0.25, -0.2) is 4.39 Å². The van der Waals surface area contributed by atoms with Gasteiger partial charge in [0.05, 0.1) is 20.8 Å². The molecule has 0 saturated carbocycles. The van der Waals surface area contributed by atoms with Gasteiger partial charge in [-0.05, 0) is 30.7 Å². The molecule has 194 valence electrons. The zero-order valence-corrected chi connectivity index (χ0v) is 21.0. The van der Waals surface area contributed by atoms with Crippen LogP contribution in [-0.4, -0.2) is 59.2 Å². The summed E-state index contributed by atoms with van der Waals surface area (Å²) < 4.78 is 25.2. The average Bonchev–Trinajstić information content (AvgIpc) is 3.33. The van der Waals surface area contributed by atoms with Gasteiger partial charge in [-0.2, -0.15) is 5.10 Å². The van der Waals surface area contributed by atoms with Crippen LogP contribution in [0.5, 0.6) is 11.5 Å². The molecule has 2 heterocycles. The van der Waals surface area contributed by atoms with Crippen molar-refractivity contribution in [2.75, 3.05) is 21.3 Å². The van der Waals surface area contributed by atoms with Gasteiger partial charge < -0.3 is 25.0 Å². The molecule has 4 rings (SSSR count). The average molecular weight is 510 g/mol. The number of hydrogen-bond acceptors (Lipinski definition) is 6. The Hall–Kier alpha value is -4.41. The lowest BCUT2D eigenvalue weighted by atomic mass is 9.96. The Kier molecular flexibility index (Phi) is 7.14. The number of amides is 3. The first-order chi connectivity index (χ1) is 17.7. The van der Waals surface area contributed by atoms with Gasteiger partial charge in [-0.1, -0.05) is 24.3 Å². The monoisotopic (exact) mass is 509 g/mol. The molecule has 3 aromatic rings. The first kappa shape index (κ1) is 25.7. The van der Waals surface area contributed by atoms with E-state index in [4.69, 9.17) is 9.47 Å². The molecule has 1 aliphatic rings. The molecular formula is C26H28FN5O5. The maximum absolute atomic E-state index is 13.2. The summed E-state index contributed by atoms with van der Waals surface area (Å²) >= 11 is 0. The van der Waals surface area contributed by atoms with Gasteiger partial charge in [0, 0.05) is 31.8 Å². The minimum atomic E-state index is -1.25. The number of carbonyl (C=O) groups is 3. The standard InChI is InChI=1S/C26H28FN5O5/c1-26(25(35)29-13-16-8-10-18(27)11-9-16)15-32-20(24(34)31(26)2)12-19(30-32)23(33)28-14-17-6-5-7-21(36-3)22(17)37-4/h5-12H,13-15H2,1-4H3,(H,28,33)(H,29,35)/t26-/m1/s1. The number of carbonyl (C=O) groups excluding carboxylic acids is 3. The van der Waals surface area contributed by atoms with Crippen LogP contribution in [0.1, 0.15) is 39.0 Å². The molecule has 3 amide bonds. The van der Waals surface area contributed by atoms with E-state index in [9.17, 15) is 18.8 Å². The molecule has 0 unspecified atom stereocenters. The number of fused-ring (bicyclic) bond motifs is 1. The minimum absolute atomic E-state index is 0.0505. The zero-order valence-electron chi connectivity index (χ0n) is 21.0. The lowest BCUT2D eigenvalue weighted by molar-refractivity contribution is -0.132. The Bertz CT molecular complexity index is 1340. The highest BCUT2D eigenvalue weighted by Crippen LogP contribution is 2.31. The molecule has 0 aliphatic carbocycles. The Morgan fingerprint density at radius 1 is 1.08 bits per heavy atom. The van der Waals surface area contributed by atoms with Crippen molar-refractivity contribution >= 4 is 17.7 Å². The number of methoxy groups -OCH3 is 2. The lowest BCUT2D eigenvalue weighted by Crippen LogP contribution is -2.62. The zero-order chi connectivity index (χ0) is 26.7. The molecule has 0 radical (unpaired) electrons. The molecule has 37 heavy (non-hydrogen) atoms. The van der Waals surface area contributed by atoms with Crippen LogP contribution >= 0.6 is 0 Å². The molecule has 1 aliphatic heterocycles. The summed E-state index contributed by atoms with van der Waals surface area (Å²) in [5, 5.41) is 9.89. The molecule has 0 spiro atoms. The fraction of sp³-hybridized carbons (Fsp3) is 0.308. The molecule has 11 heteroatoms. The molecule has 10 nitrogen and oxygen atoms in total. The van der Waals surface area contributed by atoms with Crippen LogP contribution in [0.4, 0.5) is 4.39 Å². The van der Waals surface area contributed by atoms with Crippen LogP contribution in [-0.2, 0) is 24.4 Å². The quantitative estimate of drug-likeness (QED) is 0.481. The number of para-hydroxylation sites is 1. The van der Waals surface area contributed by atoms with Crippen LogP contribution in [0, 0.1) is 5.82 Å². The van der Waals surface area contributed by atoms with Crippen LogP contribution in [0.25, 0.3) is 0 Å². The maximum atomic E-state index is 13.2. The fourth-order valence-corrected chi connectivity index (χ4v) is 4.17. The molecule has 1 atom stereocenters. The van der Waals surface area contributed by atoms with E-state index in [-0.39, 0.29) is 36.8 Å². The Labute approximate surface area is 213 Å². The predicted octanol–water partition coefficient (Wildman–Crippen LogP) is 2.13. The summed E-state index contributed by atoms with van der Waals surface area (Å²) in [5.41, 5.74) is 0.428. The molecule has 0 bridgehead atoms. The van der Waals surface area contributed by atoms with E-state index in [0.29, 0.717) is 17.1 Å². The Morgan fingerprint density at radius 3 is 2.49 bits per heavy atom. The van der Waals surface area contributed by atoms with Crippen molar-refractivity contribution in [1.82, 2.24) is 25.3 Å². The van der Waals surface area contributed by atoms with Crippen molar-refractivity contribution in [2.24, 2.45) is 0 Å². The van der Waals surface area contributed by atoms with E-state index in [1.54, 1.807) is 37.3 Å². The van der Waals surface area contributed by atoms with Gasteiger partial charge >= 0.3 is 0 Å². The van der Waals surface area contributed by atoms with E-state index in [1.807, 2.05) is 0 Å². The highest BCUT2D eigenvalue weighted by Gasteiger charge is 2.46. The molecule has 0 fully saturated rings. The van der Waals surface area contributed by atoms with Crippen LogP contribution in [0.15, 0.2) is 48.5 Å². The predicted molar refractivity (Wildman–Crippen MR) is 132 cm³/mol. The Morgan fingerprint density at radius 2 is 1.81 bits per heavy atom. The van der Waals surface area contributed by atoms with Crippen molar-refractivity contribution in [1.29, 1.82) is 0 Å². The summed E-state index contributed by atoms with van der Waals surface area (Å²) in [7, 11) is 4.58. The van der Waals surface area contributed by atoms with E-state index < -0.39 is 23.3 Å². The summed E-state index contributed by atoms with van der Waals surface area (Å²) in [4.78, 5) is 40.4. The van der Waals surface area contributed by atoms with Crippen molar-refractivity contribution < 1.29 is 28.2 Å².